The fraction of sp³-hybridized carbons (Fsp3) is 0.278. The number of fused-ring (bicyclic) bond motifs is 1. The summed E-state index contributed by atoms with van der Waals surface area (Å²) in [7, 11) is 0. The third-order valence-electron chi connectivity index (χ3n) is 3.97. The number of carbonyl (C=O) groups is 1. The maximum Gasteiger partial charge on any atom is 0.225 e. The van der Waals surface area contributed by atoms with E-state index < -0.39 is 0 Å². The van der Waals surface area contributed by atoms with Gasteiger partial charge in [0, 0.05) is 36.8 Å². The van der Waals surface area contributed by atoms with Gasteiger partial charge in [0.2, 0.25) is 5.91 Å². The first-order valence-corrected chi connectivity index (χ1v) is 7.93. The summed E-state index contributed by atoms with van der Waals surface area (Å²) in [6.45, 7) is 2.73. The maximum atomic E-state index is 12.0. The van der Waals surface area contributed by atoms with Crippen molar-refractivity contribution in [1.29, 1.82) is 0 Å². The number of carbonyl (C=O) groups excluding carboxylic acids is 1. The van der Waals surface area contributed by atoms with Gasteiger partial charge in [-0.05, 0) is 35.7 Å². The topological polar surface area (TPSA) is 32.3 Å². The highest BCUT2D eigenvalue weighted by Gasteiger charge is 2.16. The molecule has 3 nitrogen and oxygen atoms in total. The minimum atomic E-state index is 0.0288. The molecular weight excluding hydrogens is 296 g/mol. The number of hydrogen-bond acceptors (Lipinski definition) is 2. The Labute approximate surface area is 135 Å². The molecule has 114 valence electrons. The fourth-order valence-corrected chi connectivity index (χ4v) is 2.98. The standard InChI is InChI=1S/C18H19ClN2O/c19-16-6-3-7-17(12-16)20-18(22)9-11-21-10-8-14-4-1-2-5-15(14)13-21/h1-7,12H,8-11,13H2,(H,20,22). The van der Waals surface area contributed by atoms with Gasteiger partial charge in [-0.15, -0.1) is 0 Å². The van der Waals surface area contributed by atoms with E-state index in [1.54, 1.807) is 12.1 Å². The minimum Gasteiger partial charge on any atom is -0.326 e. The number of nitrogens with zero attached hydrogens (tertiary/aromatic N) is 1. The van der Waals surface area contributed by atoms with E-state index in [-0.39, 0.29) is 5.91 Å². The lowest BCUT2D eigenvalue weighted by molar-refractivity contribution is -0.116. The van der Waals surface area contributed by atoms with Gasteiger partial charge in [-0.2, -0.15) is 0 Å². The molecular formula is C18H19ClN2O. The van der Waals surface area contributed by atoms with Gasteiger partial charge in [-0.25, -0.2) is 0 Å². The molecule has 0 radical (unpaired) electrons. The van der Waals surface area contributed by atoms with Gasteiger partial charge in [0.1, 0.15) is 0 Å². The van der Waals surface area contributed by atoms with Gasteiger partial charge < -0.3 is 5.32 Å². The second-order valence-electron chi connectivity index (χ2n) is 5.60. The molecule has 0 bridgehead atoms. The second kappa shape index (κ2) is 6.95. The molecule has 0 saturated heterocycles. The largest absolute Gasteiger partial charge is 0.326 e. The third kappa shape index (κ3) is 3.87. The van der Waals surface area contributed by atoms with Gasteiger partial charge in [-0.1, -0.05) is 41.9 Å². The van der Waals surface area contributed by atoms with E-state index in [1.165, 1.54) is 11.1 Å². The van der Waals surface area contributed by atoms with Crippen LogP contribution in [-0.4, -0.2) is 23.9 Å². The highest BCUT2D eigenvalue weighted by Crippen LogP contribution is 2.19. The van der Waals surface area contributed by atoms with Gasteiger partial charge in [0.15, 0.2) is 0 Å². The molecule has 1 N–H and O–H groups in total. The van der Waals surface area contributed by atoms with Crippen molar-refractivity contribution in [3.05, 3.63) is 64.7 Å². The van der Waals surface area contributed by atoms with Crippen LogP contribution in [0.4, 0.5) is 5.69 Å². The van der Waals surface area contributed by atoms with E-state index in [4.69, 9.17) is 11.6 Å². The smallest absolute Gasteiger partial charge is 0.225 e. The fourth-order valence-electron chi connectivity index (χ4n) is 2.79. The van der Waals surface area contributed by atoms with Crippen molar-refractivity contribution in [3.8, 4) is 0 Å². The molecule has 0 aromatic heterocycles. The van der Waals surface area contributed by atoms with Crippen LogP contribution >= 0.6 is 11.6 Å². The number of benzene rings is 2. The predicted molar refractivity (Wildman–Crippen MR) is 90.1 cm³/mol. The summed E-state index contributed by atoms with van der Waals surface area (Å²) >= 11 is 5.92. The Kier molecular flexibility index (Phi) is 4.76. The Morgan fingerprint density at radius 1 is 1.14 bits per heavy atom. The number of anilines is 1. The molecule has 0 aliphatic carbocycles. The first-order valence-electron chi connectivity index (χ1n) is 7.55. The number of amides is 1. The average Bonchev–Trinajstić information content (AvgIpc) is 2.53. The van der Waals surface area contributed by atoms with Crippen molar-refractivity contribution < 1.29 is 4.79 Å². The predicted octanol–water partition coefficient (Wildman–Crippen LogP) is 3.73. The van der Waals surface area contributed by atoms with Crippen LogP contribution in [0.2, 0.25) is 5.02 Å². The van der Waals surface area contributed by atoms with Crippen LogP contribution in [0.15, 0.2) is 48.5 Å². The van der Waals surface area contributed by atoms with Crippen molar-refractivity contribution in [3.63, 3.8) is 0 Å². The molecule has 0 saturated carbocycles. The Morgan fingerprint density at radius 3 is 2.77 bits per heavy atom. The van der Waals surface area contributed by atoms with Crippen LogP contribution in [-0.2, 0) is 17.8 Å². The molecule has 1 aliphatic rings. The molecule has 3 rings (SSSR count). The molecule has 0 unspecified atom stereocenters. The summed E-state index contributed by atoms with van der Waals surface area (Å²) in [6, 6.07) is 15.8. The number of halogens is 1. The monoisotopic (exact) mass is 314 g/mol. The Hall–Kier alpha value is -1.84. The summed E-state index contributed by atoms with van der Waals surface area (Å²) in [4.78, 5) is 14.4. The zero-order valence-electron chi connectivity index (χ0n) is 12.4. The van der Waals surface area contributed by atoms with Gasteiger partial charge in [-0.3, -0.25) is 9.69 Å². The van der Waals surface area contributed by atoms with Crippen LogP contribution in [0.1, 0.15) is 17.5 Å². The van der Waals surface area contributed by atoms with Crippen LogP contribution in [0.25, 0.3) is 0 Å². The van der Waals surface area contributed by atoms with Crippen LogP contribution < -0.4 is 5.32 Å². The van der Waals surface area contributed by atoms with Crippen LogP contribution in [0.3, 0.4) is 0 Å². The van der Waals surface area contributed by atoms with Crippen LogP contribution in [0, 0.1) is 0 Å². The third-order valence-corrected chi connectivity index (χ3v) is 4.21. The molecule has 2 aromatic rings. The minimum absolute atomic E-state index is 0.0288. The first kappa shape index (κ1) is 15.1. The van der Waals surface area contributed by atoms with Gasteiger partial charge in [0.25, 0.3) is 0 Å². The highest BCUT2D eigenvalue weighted by atomic mass is 35.5. The maximum absolute atomic E-state index is 12.0. The highest BCUT2D eigenvalue weighted by molar-refractivity contribution is 6.30. The van der Waals surface area contributed by atoms with E-state index in [0.29, 0.717) is 11.4 Å². The summed E-state index contributed by atoms with van der Waals surface area (Å²) in [5, 5.41) is 3.52. The lowest BCUT2D eigenvalue weighted by Crippen LogP contribution is -2.33. The number of hydrogen-bond donors (Lipinski definition) is 1. The van der Waals surface area contributed by atoms with E-state index in [2.05, 4.69) is 34.5 Å². The summed E-state index contributed by atoms with van der Waals surface area (Å²) in [5.74, 6) is 0.0288. The molecule has 22 heavy (non-hydrogen) atoms. The zero-order valence-corrected chi connectivity index (χ0v) is 13.1. The van der Waals surface area contributed by atoms with Gasteiger partial charge >= 0.3 is 0 Å². The molecule has 1 heterocycles. The van der Waals surface area contributed by atoms with E-state index in [0.717, 1.165) is 31.7 Å². The van der Waals surface area contributed by atoms with E-state index in [1.807, 2.05) is 12.1 Å². The quantitative estimate of drug-likeness (QED) is 0.932. The molecule has 1 aliphatic heterocycles. The lowest BCUT2D eigenvalue weighted by Gasteiger charge is -2.28. The molecule has 1 amide bonds. The van der Waals surface area contributed by atoms with Crippen molar-refractivity contribution in [2.75, 3.05) is 18.4 Å². The van der Waals surface area contributed by atoms with E-state index in [9.17, 15) is 4.79 Å². The van der Waals surface area contributed by atoms with Gasteiger partial charge in [0.05, 0.1) is 0 Å². The van der Waals surface area contributed by atoms with Crippen LogP contribution in [0.5, 0.6) is 0 Å². The molecule has 0 spiro atoms. The van der Waals surface area contributed by atoms with Crippen molar-refractivity contribution in [2.24, 2.45) is 0 Å². The lowest BCUT2D eigenvalue weighted by atomic mass is 10.00. The Balaban J connectivity index is 1.50. The molecule has 2 aromatic carbocycles. The van der Waals surface area contributed by atoms with Crippen molar-refractivity contribution >= 4 is 23.2 Å². The normalized spacial score (nSPS) is 14.4. The van der Waals surface area contributed by atoms with E-state index >= 15 is 0 Å². The first-order chi connectivity index (χ1) is 10.7. The summed E-state index contributed by atoms with van der Waals surface area (Å²) in [5.41, 5.74) is 3.56. The zero-order chi connectivity index (χ0) is 15.4. The Bertz CT molecular complexity index is 672. The summed E-state index contributed by atoms with van der Waals surface area (Å²) in [6.07, 6.45) is 1.56. The summed E-state index contributed by atoms with van der Waals surface area (Å²) < 4.78 is 0. The molecule has 4 heteroatoms. The van der Waals surface area contributed by atoms with Crippen molar-refractivity contribution in [2.45, 2.75) is 19.4 Å². The SMILES string of the molecule is O=C(CCN1CCc2ccccc2C1)Nc1cccc(Cl)c1. The Morgan fingerprint density at radius 2 is 1.95 bits per heavy atom. The number of rotatable bonds is 4. The molecule has 0 atom stereocenters. The number of nitrogens with one attached hydrogen (secondary N) is 1. The second-order valence-corrected chi connectivity index (χ2v) is 6.04. The average molecular weight is 315 g/mol. The van der Waals surface area contributed by atoms with Crippen molar-refractivity contribution in [1.82, 2.24) is 4.90 Å². The molecule has 0 fully saturated rings.